The van der Waals surface area contributed by atoms with Gasteiger partial charge in [-0.2, -0.15) is 5.10 Å². The highest BCUT2D eigenvalue weighted by atomic mass is 35.5. The van der Waals surface area contributed by atoms with Gasteiger partial charge in [-0.25, -0.2) is 4.68 Å². The van der Waals surface area contributed by atoms with Gasteiger partial charge >= 0.3 is 0 Å². The number of carbonyl (C=O) groups is 1. The molecule has 3 nitrogen and oxygen atoms in total. The molecule has 0 aliphatic heterocycles. The molecular weight excluding hydrogens is 247 g/mol. The van der Waals surface area contributed by atoms with E-state index < -0.39 is 0 Å². The third-order valence-corrected chi connectivity index (χ3v) is 2.95. The van der Waals surface area contributed by atoms with Gasteiger partial charge in [-0.1, -0.05) is 23.2 Å². The number of benzene rings is 1. The molecular formula is C11H8Cl2N2O. The Labute approximate surface area is 103 Å². The van der Waals surface area contributed by atoms with Crippen LogP contribution in [0.5, 0.6) is 0 Å². The minimum absolute atomic E-state index is 0.422. The minimum atomic E-state index is 0.422. The van der Waals surface area contributed by atoms with Crippen molar-refractivity contribution < 1.29 is 4.79 Å². The highest BCUT2D eigenvalue weighted by Crippen LogP contribution is 2.24. The first-order valence-corrected chi connectivity index (χ1v) is 5.34. The molecule has 16 heavy (non-hydrogen) atoms. The molecule has 2 rings (SSSR count). The van der Waals surface area contributed by atoms with Crippen LogP contribution in [-0.2, 0) is 0 Å². The number of hydrogen-bond donors (Lipinski definition) is 0. The third kappa shape index (κ3) is 1.96. The molecule has 0 aliphatic carbocycles. The number of aryl methyl sites for hydroxylation is 1. The van der Waals surface area contributed by atoms with E-state index in [-0.39, 0.29) is 0 Å². The first-order chi connectivity index (χ1) is 7.61. The highest BCUT2D eigenvalue weighted by Gasteiger charge is 2.06. The highest BCUT2D eigenvalue weighted by molar-refractivity contribution is 6.42. The van der Waals surface area contributed by atoms with Crippen LogP contribution < -0.4 is 0 Å². The zero-order chi connectivity index (χ0) is 11.7. The Morgan fingerprint density at radius 1 is 1.31 bits per heavy atom. The van der Waals surface area contributed by atoms with Crippen LogP contribution in [0.25, 0.3) is 5.69 Å². The Morgan fingerprint density at radius 2 is 2.06 bits per heavy atom. The van der Waals surface area contributed by atoms with Gasteiger partial charge in [-0.05, 0) is 30.7 Å². The quantitative estimate of drug-likeness (QED) is 0.771. The summed E-state index contributed by atoms with van der Waals surface area (Å²) >= 11 is 11.7. The summed E-state index contributed by atoms with van der Waals surface area (Å²) in [4.78, 5) is 10.7. The fourth-order valence-corrected chi connectivity index (χ4v) is 1.64. The molecule has 0 aliphatic rings. The van der Waals surface area contributed by atoms with E-state index in [1.165, 1.54) is 0 Å². The van der Waals surface area contributed by atoms with Gasteiger partial charge in [0, 0.05) is 6.20 Å². The Morgan fingerprint density at radius 3 is 2.62 bits per heavy atom. The zero-order valence-corrected chi connectivity index (χ0v) is 9.96. The van der Waals surface area contributed by atoms with Crippen molar-refractivity contribution in [3.05, 3.63) is 45.7 Å². The van der Waals surface area contributed by atoms with E-state index in [2.05, 4.69) is 5.10 Å². The second-order valence-electron chi connectivity index (χ2n) is 3.36. The van der Waals surface area contributed by atoms with Crippen molar-refractivity contribution in [2.24, 2.45) is 0 Å². The van der Waals surface area contributed by atoms with Crippen molar-refractivity contribution in [2.45, 2.75) is 6.92 Å². The lowest BCUT2D eigenvalue weighted by molar-refractivity contribution is 0.111. The van der Waals surface area contributed by atoms with Crippen LogP contribution in [0.1, 0.15) is 16.1 Å². The van der Waals surface area contributed by atoms with Gasteiger partial charge in [0.1, 0.15) is 5.69 Å². The number of rotatable bonds is 2. The number of hydrogen-bond acceptors (Lipinski definition) is 2. The summed E-state index contributed by atoms with van der Waals surface area (Å²) in [6.45, 7) is 1.82. The molecule has 0 radical (unpaired) electrons. The maximum Gasteiger partial charge on any atom is 0.170 e. The summed E-state index contributed by atoms with van der Waals surface area (Å²) in [5.74, 6) is 0. The lowest BCUT2D eigenvalue weighted by atomic mass is 10.3. The summed E-state index contributed by atoms with van der Waals surface area (Å²) in [5.41, 5.74) is 2.01. The fourth-order valence-electron chi connectivity index (χ4n) is 1.35. The maximum atomic E-state index is 10.7. The largest absolute Gasteiger partial charge is 0.296 e. The normalized spacial score (nSPS) is 10.4. The van der Waals surface area contributed by atoms with E-state index in [0.717, 1.165) is 17.5 Å². The van der Waals surface area contributed by atoms with Crippen LogP contribution in [0.3, 0.4) is 0 Å². The average molecular weight is 255 g/mol. The fraction of sp³-hybridized carbons (Fsp3) is 0.0909. The Kier molecular flexibility index (Phi) is 2.99. The van der Waals surface area contributed by atoms with Crippen molar-refractivity contribution in [3.8, 4) is 5.69 Å². The predicted octanol–water partition coefficient (Wildman–Crippen LogP) is 3.30. The van der Waals surface area contributed by atoms with Gasteiger partial charge in [-0.15, -0.1) is 0 Å². The van der Waals surface area contributed by atoms with Gasteiger partial charge in [0.15, 0.2) is 6.29 Å². The number of nitrogens with zero attached hydrogens (tertiary/aromatic N) is 2. The third-order valence-electron chi connectivity index (χ3n) is 2.21. The number of aldehydes is 1. The Balaban J connectivity index is 2.50. The monoisotopic (exact) mass is 254 g/mol. The van der Waals surface area contributed by atoms with Crippen LogP contribution in [0.2, 0.25) is 10.0 Å². The van der Waals surface area contributed by atoms with Crippen LogP contribution in [-0.4, -0.2) is 16.1 Å². The molecule has 0 atom stereocenters. The van der Waals surface area contributed by atoms with Crippen molar-refractivity contribution in [2.75, 3.05) is 0 Å². The van der Waals surface area contributed by atoms with Crippen molar-refractivity contribution in [1.82, 2.24) is 9.78 Å². The first kappa shape index (κ1) is 11.2. The van der Waals surface area contributed by atoms with Gasteiger partial charge in [-0.3, -0.25) is 4.79 Å². The molecule has 82 valence electrons. The van der Waals surface area contributed by atoms with E-state index >= 15 is 0 Å². The SMILES string of the molecule is Cc1cn(-c2ccc(Cl)c(Cl)c2)nc1C=O. The zero-order valence-electron chi connectivity index (χ0n) is 8.45. The van der Waals surface area contributed by atoms with Crippen LogP contribution in [0.15, 0.2) is 24.4 Å². The van der Waals surface area contributed by atoms with Crippen LogP contribution in [0.4, 0.5) is 0 Å². The number of aromatic nitrogens is 2. The predicted molar refractivity (Wildman–Crippen MR) is 63.7 cm³/mol. The summed E-state index contributed by atoms with van der Waals surface area (Å²) in [5, 5.41) is 5.07. The lowest BCUT2D eigenvalue weighted by Gasteiger charge is -2.02. The molecule has 0 amide bonds. The topological polar surface area (TPSA) is 34.9 Å². The molecule has 0 spiro atoms. The van der Waals surface area contributed by atoms with Gasteiger partial charge in [0.05, 0.1) is 15.7 Å². The summed E-state index contributed by atoms with van der Waals surface area (Å²) in [7, 11) is 0. The van der Waals surface area contributed by atoms with Crippen LogP contribution >= 0.6 is 23.2 Å². The van der Waals surface area contributed by atoms with Crippen LogP contribution in [0, 0.1) is 6.92 Å². The second kappa shape index (κ2) is 4.28. The van der Waals surface area contributed by atoms with E-state index in [1.807, 2.05) is 6.92 Å². The summed E-state index contributed by atoms with van der Waals surface area (Å²) in [6.07, 6.45) is 2.49. The molecule has 1 heterocycles. The number of carbonyl (C=O) groups excluding carboxylic acids is 1. The lowest BCUT2D eigenvalue weighted by Crippen LogP contribution is -1.95. The molecule has 0 saturated carbocycles. The molecule has 0 bridgehead atoms. The smallest absolute Gasteiger partial charge is 0.170 e. The molecule has 2 aromatic rings. The molecule has 0 N–H and O–H groups in total. The van der Waals surface area contributed by atoms with Crippen molar-refractivity contribution in [3.63, 3.8) is 0 Å². The van der Waals surface area contributed by atoms with E-state index in [4.69, 9.17) is 23.2 Å². The average Bonchev–Trinajstić information content (AvgIpc) is 2.64. The molecule has 1 aromatic heterocycles. The Hall–Kier alpha value is -1.32. The first-order valence-electron chi connectivity index (χ1n) is 4.58. The van der Waals surface area contributed by atoms with E-state index in [0.29, 0.717) is 15.7 Å². The molecule has 0 unspecified atom stereocenters. The van der Waals surface area contributed by atoms with E-state index in [9.17, 15) is 4.79 Å². The van der Waals surface area contributed by atoms with Crippen molar-refractivity contribution in [1.29, 1.82) is 0 Å². The maximum absolute atomic E-state index is 10.7. The van der Waals surface area contributed by atoms with Crippen molar-refractivity contribution >= 4 is 29.5 Å². The number of halogens is 2. The second-order valence-corrected chi connectivity index (χ2v) is 4.17. The molecule has 0 saturated heterocycles. The molecule has 0 fully saturated rings. The van der Waals surface area contributed by atoms with Gasteiger partial charge in [0.25, 0.3) is 0 Å². The Bertz CT molecular complexity index is 549. The van der Waals surface area contributed by atoms with Gasteiger partial charge in [0.2, 0.25) is 0 Å². The van der Waals surface area contributed by atoms with E-state index in [1.54, 1.807) is 29.1 Å². The summed E-state index contributed by atoms with van der Waals surface area (Å²) in [6, 6.07) is 5.18. The standard InChI is InChI=1S/C11H8Cl2N2O/c1-7-5-15(14-11(7)6-16)8-2-3-9(12)10(13)4-8/h2-6H,1H3. The van der Waals surface area contributed by atoms with Gasteiger partial charge < -0.3 is 0 Å². The molecule has 5 heteroatoms. The molecule has 1 aromatic carbocycles. The minimum Gasteiger partial charge on any atom is -0.296 e. The summed E-state index contributed by atoms with van der Waals surface area (Å²) < 4.78 is 1.60.